The molecular formula is C8H10N4O2S. The van der Waals surface area contributed by atoms with E-state index in [2.05, 4.69) is 15.3 Å². The van der Waals surface area contributed by atoms with E-state index in [9.17, 15) is 8.42 Å². The molecule has 6 nitrogen and oxygen atoms in total. The van der Waals surface area contributed by atoms with Gasteiger partial charge in [-0.25, -0.2) is 13.4 Å². The van der Waals surface area contributed by atoms with Gasteiger partial charge in [0.05, 0.1) is 11.8 Å². The lowest BCUT2D eigenvalue weighted by molar-refractivity contribution is 0.605. The van der Waals surface area contributed by atoms with Gasteiger partial charge < -0.3 is 11.1 Å². The number of sulfone groups is 1. The van der Waals surface area contributed by atoms with Crippen LogP contribution >= 0.6 is 0 Å². The summed E-state index contributed by atoms with van der Waals surface area (Å²) in [5.74, 6) is 0.713. The summed E-state index contributed by atoms with van der Waals surface area (Å²) in [5.41, 5.74) is 5.46. The minimum absolute atomic E-state index is 0.0329. The summed E-state index contributed by atoms with van der Waals surface area (Å²) in [4.78, 5) is 7.83. The lowest BCUT2D eigenvalue weighted by atomic mass is 10.3. The zero-order valence-electron chi connectivity index (χ0n) is 7.79. The van der Waals surface area contributed by atoms with Gasteiger partial charge >= 0.3 is 0 Å². The van der Waals surface area contributed by atoms with Crippen molar-refractivity contribution in [1.82, 2.24) is 9.97 Å². The molecule has 0 fully saturated rings. The van der Waals surface area contributed by atoms with Gasteiger partial charge in [-0.2, -0.15) is 4.98 Å². The highest BCUT2D eigenvalue weighted by Gasteiger charge is 2.21. The molecular weight excluding hydrogens is 216 g/mol. The Morgan fingerprint density at radius 3 is 2.93 bits per heavy atom. The van der Waals surface area contributed by atoms with E-state index >= 15 is 0 Å². The molecule has 0 radical (unpaired) electrons. The Labute approximate surface area is 87.2 Å². The van der Waals surface area contributed by atoms with E-state index in [0.29, 0.717) is 11.8 Å². The lowest BCUT2D eigenvalue weighted by Gasteiger charge is -2.09. The number of nitrogens with two attached hydrogens (primary N) is 1. The monoisotopic (exact) mass is 226 g/mol. The quantitative estimate of drug-likeness (QED) is 0.723. The third kappa shape index (κ3) is 2.44. The summed E-state index contributed by atoms with van der Waals surface area (Å²) in [6.07, 6.45) is 3.08. The normalized spacial score (nSPS) is 22.8. The molecule has 3 N–H and O–H groups in total. The van der Waals surface area contributed by atoms with Gasteiger partial charge in [-0.3, -0.25) is 0 Å². The van der Waals surface area contributed by atoms with Crippen LogP contribution in [0.5, 0.6) is 0 Å². The molecule has 0 aromatic carbocycles. The number of aromatic nitrogens is 2. The van der Waals surface area contributed by atoms with Crippen molar-refractivity contribution in [3.63, 3.8) is 0 Å². The first-order chi connectivity index (χ1) is 7.05. The summed E-state index contributed by atoms with van der Waals surface area (Å²) in [6.45, 7) is 0. The number of nitrogen functional groups attached to an aromatic ring is 1. The molecule has 1 aromatic rings. The van der Waals surface area contributed by atoms with Crippen LogP contribution < -0.4 is 11.1 Å². The van der Waals surface area contributed by atoms with E-state index in [4.69, 9.17) is 5.73 Å². The number of nitrogens with zero attached hydrogens (tertiary/aromatic N) is 2. The van der Waals surface area contributed by atoms with Gasteiger partial charge in [0.2, 0.25) is 5.95 Å². The van der Waals surface area contributed by atoms with E-state index in [1.54, 1.807) is 12.1 Å². The van der Waals surface area contributed by atoms with Crippen LogP contribution in [0.3, 0.4) is 0 Å². The van der Waals surface area contributed by atoms with Crippen molar-refractivity contribution in [3.8, 4) is 0 Å². The highest BCUT2D eigenvalue weighted by Crippen LogP contribution is 2.12. The largest absolute Gasteiger partial charge is 0.384 e. The minimum atomic E-state index is -3.06. The smallest absolute Gasteiger partial charge is 0.225 e. The molecule has 1 unspecified atom stereocenters. The Morgan fingerprint density at radius 2 is 2.33 bits per heavy atom. The highest BCUT2D eigenvalue weighted by atomic mass is 32.2. The Bertz CT molecular complexity index is 497. The average Bonchev–Trinajstić information content (AvgIpc) is 2.45. The van der Waals surface area contributed by atoms with E-state index in [-0.39, 0.29) is 11.8 Å². The van der Waals surface area contributed by atoms with Crippen LogP contribution in [0.15, 0.2) is 23.7 Å². The zero-order chi connectivity index (χ0) is 10.9. The molecule has 1 aliphatic rings. The van der Waals surface area contributed by atoms with Crippen LogP contribution in [0, 0.1) is 0 Å². The van der Waals surface area contributed by atoms with Crippen molar-refractivity contribution >= 4 is 21.6 Å². The van der Waals surface area contributed by atoms with Gasteiger partial charge in [0.15, 0.2) is 9.84 Å². The maximum Gasteiger partial charge on any atom is 0.225 e. The van der Waals surface area contributed by atoms with Crippen LogP contribution in [-0.2, 0) is 9.84 Å². The Hall–Kier alpha value is -1.63. The van der Waals surface area contributed by atoms with Crippen LogP contribution in [-0.4, -0.2) is 30.2 Å². The molecule has 0 saturated carbocycles. The summed E-state index contributed by atoms with van der Waals surface area (Å²) < 4.78 is 22.2. The van der Waals surface area contributed by atoms with Crippen LogP contribution in [0.1, 0.15) is 0 Å². The van der Waals surface area contributed by atoms with Crippen molar-refractivity contribution in [2.24, 2.45) is 0 Å². The minimum Gasteiger partial charge on any atom is -0.384 e. The molecule has 0 spiro atoms. The van der Waals surface area contributed by atoms with Crippen LogP contribution in [0.2, 0.25) is 0 Å². The molecule has 2 heterocycles. The molecule has 1 atom stereocenters. The number of nitrogens with one attached hydrogen (secondary N) is 1. The summed E-state index contributed by atoms with van der Waals surface area (Å²) >= 11 is 0. The second-order valence-corrected chi connectivity index (χ2v) is 5.15. The van der Waals surface area contributed by atoms with E-state index in [0.717, 1.165) is 0 Å². The van der Waals surface area contributed by atoms with Gasteiger partial charge in [0, 0.05) is 11.6 Å². The maximum atomic E-state index is 11.1. The Balaban J connectivity index is 2.09. The van der Waals surface area contributed by atoms with Gasteiger partial charge in [-0.15, -0.1) is 0 Å². The predicted octanol–water partition coefficient (Wildman–Crippen LogP) is -0.219. The van der Waals surface area contributed by atoms with Crippen LogP contribution in [0.25, 0.3) is 0 Å². The van der Waals surface area contributed by atoms with Crippen molar-refractivity contribution in [1.29, 1.82) is 0 Å². The fourth-order valence-electron chi connectivity index (χ4n) is 1.27. The fourth-order valence-corrected chi connectivity index (χ4v) is 2.51. The molecule has 80 valence electrons. The first-order valence-corrected chi connectivity index (χ1v) is 6.03. The van der Waals surface area contributed by atoms with Gasteiger partial charge in [-0.05, 0) is 12.1 Å². The first kappa shape index (κ1) is 9.91. The average molecular weight is 226 g/mol. The highest BCUT2D eigenvalue weighted by molar-refractivity contribution is 7.94. The standard InChI is InChI=1S/C8H10N4O2S/c9-7-1-3-10-8(12-7)11-6-2-4-15(13,14)5-6/h1-4,6H,5H2,(H3,9,10,11,12). The molecule has 0 aliphatic carbocycles. The second kappa shape index (κ2) is 3.50. The molecule has 1 aliphatic heterocycles. The van der Waals surface area contributed by atoms with Gasteiger partial charge in [0.1, 0.15) is 5.82 Å². The van der Waals surface area contributed by atoms with Crippen molar-refractivity contribution in [3.05, 3.63) is 23.7 Å². The zero-order valence-corrected chi connectivity index (χ0v) is 8.61. The summed E-state index contributed by atoms with van der Waals surface area (Å²) in [6, 6.07) is 1.28. The lowest BCUT2D eigenvalue weighted by Crippen LogP contribution is -2.22. The molecule has 0 saturated heterocycles. The Morgan fingerprint density at radius 1 is 1.53 bits per heavy atom. The molecule has 0 amide bonds. The van der Waals surface area contributed by atoms with Gasteiger partial charge in [0.25, 0.3) is 0 Å². The third-order valence-electron chi connectivity index (χ3n) is 1.92. The van der Waals surface area contributed by atoms with Gasteiger partial charge in [-0.1, -0.05) is 0 Å². The number of rotatable bonds is 2. The van der Waals surface area contributed by atoms with E-state index < -0.39 is 9.84 Å². The topological polar surface area (TPSA) is 98.0 Å². The summed E-state index contributed by atoms with van der Waals surface area (Å²) in [7, 11) is -3.06. The first-order valence-electron chi connectivity index (χ1n) is 4.31. The molecule has 7 heteroatoms. The third-order valence-corrected chi connectivity index (χ3v) is 3.32. The molecule has 15 heavy (non-hydrogen) atoms. The predicted molar refractivity (Wildman–Crippen MR) is 56.8 cm³/mol. The van der Waals surface area contributed by atoms with Crippen molar-refractivity contribution < 1.29 is 8.42 Å². The number of anilines is 2. The van der Waals surface area contributed by atoms with Crippen molar-refractivity contribution in [2.45, 2.75) is 6.04 Å². The second-order valence-electron chi connectivity index (χ2n) is 3.21. The van der Waals surface area contributed by atoms with Crippen molar-refractivity contribution in [2.75, 3.05) is 16.8 Å². The summed E-state index contributed by atoms with van der Waals surface area (Å²) in [5, 5.41) is 4.06. The van der Waals surface area contributed by atoms with Crippen LogP contribution in [0.4, 0.5) is 11.8 Å². The maximum absolute atomic E-state index is 11.1. The molecule has 2 rings (SSSR count). The molecule has 1 aromatic heterocycles. The van der Waals surface area contributed by atoms with E-state index in [1.807, 2.05) is 0 Å². The number of hydrogen-bond acceptors (Lipinski definition) is 6. The number of hydrogen-bond donors (Lipinski definition) is 2. The SMILES string of the molecule is Nc1ccnc(NC2C=CS(=O)(=O)C2)n1. The van der Waals surface area contributed by atoms with E-state index in [1.165, 1.54) is 11.6 Å². The Kier molecular flexibility index (Phi) is 2.31. The molecule has 0 bridgehead atoms. The fraction of sp³-hybridized carbons (Fsp3) is 0.250.